The van der Waals surface area contributed by atoms with E-state index in [0.29, 0.717) is 40.6 Å². The first kappa shape index (κ1) is 28.0. The molecule has 1 amide bonds. The van der Waals surface area contributed by atoms with Gasteiger partial charge in [-0.25, -0.2) is 14.8 Å². The number of aryl methyl sites for hydroxylation is 2. The molecule has 0 radical (unpaired) electrons. The van der Waals surface area contributed by atoms with Crippen molar-refractivity contribution in [2.75, 3.05) is 18.1 Å². The number of amides is 1. The standard InChI is InChI=1S/C30H30N4O6S/c1-5-7-16-40-20-13-11-19(12-14-20)24-22(25(35)23-17(3)31-21-10-8-9-15-33(21)23)26(36)28(37)34(24)30-32-18(4)27(41-30)29(38)39-6-2/h8-15,24,35H,5-7,16H2,1-4H3. The molecule has 1 fully saturated rings. The van der Waals surface area contributed by atoms with Gasteiger partial charge in [0.2, 0.25) is 0 Å². The zero-order valence-electron chi connectivity index (χ0n) is 23.2. The topological polar surface area (TPSA) is 123 Å². The fourth-order valence-electron chi connectivity index (χ4n) is 4.82. The van der Waals surface area contributed by atoms with E-state index >= 15 is 0 Å². The fraction of sp³-hybridized carbons (Fsp3) is 0.300. The van der Waals surface area contributed by atoms with Crippen LogP contribution in [0.4, 0.5) is 5.13 Å². The molecule has 1 unspecified atom stereocenters. The maximum absolute atomic E-state index is 13.6. The largest absolute Gasteiger partial charge is 0.505 e. The summed E-state index contributed by atoms with van der Waals surface area (Å²) in [6.45, 7) is 7.89. The average Bonchev–Trinajstić information content (AvgIpc) is 3.59. The number of Topliss-reactive ketones (excluding diaryl/α,β-unsaturated/α-hetero) is 1. The number of aromatic nitrogens is 3. The molecule has 4 heterocycles. The molecule has 0 saturated carbocycles. The highest BCUT2D eigenvalue weighted by Gasteiger charge is 2.49. The van der Waals surface area contributed by atoms with Gasteiger partial charge in [0.05, 0.1) is 36.2 Å². The van der Waals surface area contributed by atoms with Gasteiger partial charge in [-0.3, -0.25) is 18.9 Å². The summed E-state index contributed by atoms with van der Waals surface area (Å²) in [5.41, 5.74) is 2.22. The van der Waals surface area contributed by atoms with Crippen LogP contribution >= 0.6 is 11.3 Å². The number of rotatable bonds is 9. The van der Waals surface area contributed by atoms with Crippen LogP contribution in [0.1, 0.15) is 65.0 Å². The summed E-state index contributed by atoms with van der Waals surface area (Å²) in [7, 11) is 0. The normalized spacial score (nSPS) is 16.5. The van der Waals surface area contributed by atoms with E-state index in [1.54, 1.807) is 67.8 Å². The van der Waals surface area contributed by atoms with Gasteiger partial charge in [-0.1, -0.05) is 42.9 Å². The molecule has 11 heteroatoms. The smallest absolute Gasteiger partial charge is 0.350 e. The van der Waals surface area contributed by atoms with E-state index in [1.807, 2.05) is 6.07 Å². The van der Waals surface area contributed by atoms with Gasteiger partial charge in [-0.05, 0) is 57.0 Å². The SMILES string of the molecule is CCCCOc1ccc(C2C(=C(O)c3c(C)nc4ccccn34)C(=O)C(=O)N2c2nc(C)c(C(=O)OCC)s2)cc1. The number of carbonyl (C=O) groups excluding carboxylic acids is 3. The van der Waals surface area contributed by atoms with Crippen molar-refractivity contribution < 1.29 is 29.0 Å². The maximum atomic E-state index is 13.6. The number of nitrogens with zero attached hydrogens (tertiary/aromatic N) is 4. The third-order valence-electron chi connectivity index (χ3n) is 6.79. The summed E-state index contributed by atoms with van der Waals surface area (Å²) in [4.78, 5) is 50.2. The Labute approximate surface area is 240 Å². The summed E-state index contributed by atoms with van der Waals surface area (Å²) in [5.74, 6) is -2.00. The molecule has 10 nitrogen and oxygen atoms in total. The van der Waals surface area contributed by atoms with Crippen LogP contribution in [0.15, 0.2) is 54.2 Å². The lowest BCUT2D eigenvalue weighted by atomic mass is 9.96. The van der Waals surface area contributed by atoms with Gasteiger partial charge in [0.25, 0.3) is 5.78 Å². The van der Waals surface area contributed by atoms with Gasteiger partial charge in [0, 0.05) is 6.20 Å². The van der Waals surface area contributed by atoms with Crippen LogP contribution in [0.25, 0.3) is 11.4 Å². The molecule has 1 aliphatic rings. The van der Waals surface area contributed by atoms with Gasteiger partial charge in [0.1, 0.15) is 22.0 Å². The van der Waals surface area contributed by atoms with E-state index in [0.717, 1.165) is 24.2 Å². The predicted molar refractivity (Wildman–Crippen MR) is 154 cm³/mol. The number of imidazole rings is 1. The lowest BCUT2D eigenvalue weighted by Gasteiger charge is -2.23. The molecule has 0 spiro atoms. The second-order valence-electron chi connectivity index (χ2n) is 9.55. The van der Waals surface area contributed by atoms with Crippen LogP contribution in [0, 0.1) is 13.8 Å². The molecule has 41 heavy (non-hydrogen) atoms. The van der Waals surface area contributed by atoms with Gasteiger partial charge in [-0.2, -0.15) is 0 Å². The highest BCUT2D eigenvalue weighted by Crippen LogP contribution is 2.44. The number of thiazole rings is 1. The molecular formula is C30H30N4O6S. The summed E-state index contributed by atoms with van der Waals surface area (Å²) in [6.07, 6.45) is 3.64. The summed E-state index contributed by atoms with van der Waals surface area (Å²) in [5, 5.41) is 11.8. The third kappa shape index (κ3) is 5.08. The van der Waals surface area contributed by atoms with E-state index < -0.39 is 23.7 Å². The molecule has 212 valence electrons. The molecule has 1 N–H and O–H groups in total. The minimum absolute atomic E-state index is 0.103. The quantitative estimate of drug-likeness (QED) is 0.0928. The van der Waals surface area contributed by atoms with Gasteiger partial charge >= 0.3 is 11.9 Å². The summed E-state index contributed by atoms with van der Waals surface area (Å²) < 4.78 is 12.6. The van der Waals surface area contributed by atoms with E-state index in [9.17, 15) is 19.5 Å². The number of hydrogen-bond donors (Lipinski definition) is 1. The first-order chi connectivity index (χ1) is 19.8. The van der Waals surface area contributed by atoms with Crippen molar-refractivity contribution in [2.24, 2.45) is 0 Å². The number of carbonyl (C=O) groups is 3. The van der Waals surface area contributed by atoms with Crippen LogP contribution in [0.3, 0.4) is 0 Å². The van der Waals surface area contributed by atoms with Gasteiger partial charge < -0.3 is 14.6 Å². The fourth-order valence-corrected chi connectivity index (χ4v) is 5.81. The Kier molecular flexibility index (Phi) is 7.89. The second kappa shape index (κ2) is 11.5. The van der Waals surface area contributed by atoms with E-state index in [4.69, 9.17) is 9.47 Å². The summed E-state index contributed by atoms with van der Waals surface area (Å²) >= 11 is 0.963. The number of hydrogen-bond acceptors (Lipinski definition) is 9. The van der Waals surface area contributed by atoms with Gasteiger partial charge in [-0.15, -0.1) is 0 Å². The zero-order chi connectivity index (χ0) is 29.3. The molecule has 1 aliphatic heterocycles. The lowest BCUT2D eigenvalue weighted by molar-refractivity contribution is -0.132. The van der Waals surface area contributed by atoms with E-state index in [1.165, 1.54) is 4.90 Å². The van der Waals surface area contributed by atoms with Gasteiger partial charge in [0.15, 0.2) is 10.9 Å². The number of benzene rings is 1. The molecule has 1 aromatic carbocycles. The van der Waals surface area contributed by atoms with Crippen molar-refractivity contribution in [3.63, 3.8) is 0 Å². The number of pyridine rings is 1. The third-order valence-corrected chi connectivity index (χ3v) is 7.92. The molecule has 3 aromatic heterocycles. The van der Waals surface area contributed by atoms with E-state index in [-0.39, 0.29) is 27.9 Å². The monoisotopic (exact) mass is 574 g/mol. The van der Waals surface area contributed by atoms with Crippen molar-refractivity contribution in [2.45, 2.75) is 46.6 Å². The highest BCUT2D eigenvalue weighted by atomic mass is 32.1. The van der Waals surface area contributed by atoms with Crippen molar-refractivity contribution in [3.05, 3.63) is 81.8 Å². The number of ether oxygens (including phenoxy) is 2. The molecular weight excluding hydrogens is 544 g/mol. The van der Waals surface area contributed by atoms with Crippen LogP contribution < -0.4 is 9.64 Å². The minimum Gasteiger partial charge on any atom is -0.505 e. The Bertz CT molecular complexity index is 1670. The predicted octanol–water partition coefficient (Wildman–Crippen LogP) is 5.39. The van der Waals surface area contributed by atoms with Crippen molar-refractivity contribution in [1.82, 2.24) is 14.4 Å². The van der Waals surface area contributed by atoms with Crippen molar-refractivity contribution in [1.29, 1.82) is 0 Å². The molecule has 0 aliphatic carbocycles. The number of ketones is 1. The Morgan fingerprint density at radius 1 is 1.05 bits per heavy atom. The highest BCUT2D eigenvalue weighted by molar-refractivity contribution is 7.17. The number of anilines is 1. The Hall–Kier alpha value is -4.51. The van der Waals surface area contributed by atoms with Crippen molar-refractivity contribution >= 4 is 45.5 Å². The molecule has 1 atom stereocenters. The lowest BCUT2D eigenvalue weighted by Crippen LogP contribution is -2.29. The molecule has 5 rings (SSSR count). The Morgan fingerprint density at radius 2 is 1.80 bits per heavy atom. The zero-order valence-corrected chi connectivity index (χ0v) is 24.0. The van der Waals surface area contributed by atoms with Crippen molar-refractivity contribution in [3.8, 4) is 5.75 Å². The number of aliphatic hydroxyl groups excluding tert-OH is 1. The Morgan fingerprint density at radius 3 is 2.51 bits per heavy atom. The number of aliphatic hydroxyl groups is 1. The first-order valence-electron chi connectivity index (χ1n) is 13.4. The molecule has 0 bridgehead atoms. The molecule has 4 aromatic rings. The Balaban J connectivity index is 1.67. The van der Waals surface area contributed by atoms with Crippen LogP contribution in [-0.2, 0) is 14.3 Å². The number of unbranched alkanes of at least 4 members (excludes halogenated alkanes) is 1. The minimum atomic E-state index is -1.02. The maximum Gasteiger partial charge on any atom is 0.350 e. The van der Waals surface area contributed by atoms with Crippen LogP contribution in [-0.4, -0.2) is 50.3 Å². The average molecular weight is 575 g/mol. The summed E-state index contributed by atoms with van der Waals surface area (Å²) in [6, 6.07) is 11.4. The molecule has 1 saturated heterocycles. The van der Waals surface area contributed by atoms with E-state index in [2.05, 4.69) is 16.9 Å². The number of esters is 1. The van der Waals surface area contributed by atoms with Crippen LogP contribution in [0.5, 0.6) is 5.75 Å². The first-order valence-corrected chi connectivity index (χ1v) is 14.2. The van der Waals surface area contributed by atoms with Crippen LogP contribution in [0.2, 0.25) is 0 Å². The second-order valence-corrected chi connectivity index (χ2v) is 10.5. The number of fused-ring (bicyclic) bond motifs is 1.